The van der Waals surface area contributed by atoms with Gasteiger partial charge in [-0.3, -0.25) is 4.72 Å². The molecule has 0 radical (unpaired) electrons. The van der Waals surface area contributed by atoms with E-state index in [9.17, 15) is 8.42 Å². The predicted octanol–water partition coefficient (Wildman–Crippen LogP) is 2.44. The highest BCUT2D eigenvalue weighted by atomic mass is 32.2. The third-order valence-corrected chi connectivity index (χ3v) is 5.46. The first-order valence-corrected chi connectivity index (χ1v) is 8.65. The number of hydrogen-bond acceptors (Lipinski definition) is 5. The summed E-state index contributed by atoms with van der Waals surface area (Å²) in [6, 6.07) is 8.55. The Hall–Kier alpha value is -1.44. The molecule has 0 aliphatic heterocycles. The molecule has 0 fully saturated rings. The second-order valence-corrected chi connectivity index (χ2v) is 7.30. The molecule has 0 aromatic carbocycles. The van der Waals surface area contributed by atoms with Crippen molar-refractivity contribution in [3.8, 4) is 0 Å². The Morgan fingerprint density at radius 2 is 2.10 bits per heavy atom. The number of aromatic nitrogens is 1. The number of pyridine rings is 1. The largest absolute Gasteiger partial charge is 0.312 e. The van der Waals surface area contributed by atoms with Crippen molar-refractivity contribution in [1.82, 2.24) is 10.3 Å². The average molecular weight is 311 g/mol. The maximum atomic E-state index is 12.2. The molecule has 0 unspecified atom stereocenters. The average Bonchev–Trinajstić information content (AvgIpc) is 2.89. The summed E-state index contributed by atoms with van der Waals surface area (Å²) in [6.45, 7) is 3.71. The van der Waals surface area contributed by atoms with E-state index in [-0.39, 0.29) is 0 Å². The van der Waals surface area contributed by atoms with Crippen LogP contribution in [0.5, 0.6) is 0 Å². The smallest absolute Gasteiger partial charge is 0.272 e. The second kappa shape index (κ2) is 6.83. The lowest BCUT2D eigenvalue weighted by Crippen LogP contribution is -2.13. The number of anilines is 1. The van der Waals surface area contributed by atoms with Crippen LogP contribution in [0.1, 0.15) is 18.2 Å². The molecular weight excluding hydrogens is 294 g/mol. The molecule has 7 heteroatoms. The summed E-state index contributed by atoms with van der Waals surface area (Å²) in [4.78, 5) is 4.96. The zero-order valence-electron chi connectivity index (χ0n) is 11.2. The van der Waals surface area contributed by atoms with Crippen molar-refractivity contribution in [3.05, 3.63) is 41.4 Å². The van der Waals surface area contributed by atoms with E-state index in [1.807, 2.05) is 6.07 Å². The van der Waals surface area contributed by atoms with Crippen LogP contribution in [0.25, 0.3) is 0 Å². The Bertz CT molecular complexity index is 639. The quantitative estimate of drug-likeness (QED) is 0.771. The third kappa shape index (κ3) is 4.03. The zero-order valence-corrected chi connectivity index (χ0v) is 12.8. The van der Waals surface area contributed by atoms with Gasteiger partial charge in [-0.05, 0) is 37.2 Å². The lowest BCUT2D eigenvalue weighted by atomic mass is 10.4. The Morgan fingerprint density at radius 1 is 1.25 bits per heavy atom. The van der Waals surface area contributed by atoms with Crippen LogP contribution in [-0.2, 0) is 16.6 Å². The Balaban J connectivity index is 2.06. The molecule has 108 valence electrons. The molecule has 2 aromatic heterocycles. The molecule has 2 N–H and O–H groups in total. The minimum absolute atomic E-state index is 0.302. The summed E-state index contributed by atoms with van der Waals surface area (Å²) in [5.41, 5.74) is 0. The van der Waals surface area contributed by atoms with Crippen LogP contribution in [0.3, 0.4) is 0 Å². The van der Waals surface area contributed by atoms with Crippen LogP contribution >= 0.6 is 11.3 Å². The van der Waals surface area contributed by atoms with Crippen LogP contribution in [0.4, 0.5) is 5.82 Å². The van der Waals surface area contributed by atoms with E-state index in [4.69, 9.17) is 0 Å². The van der Waals surface area contributed by atoms with Crippen molar-refractivity contribution in [2.45, 2.75) is 24.1 Å². The predicted molar refractivity (Wildman–Crippen MR) is 81.4 cm³/mol. The van der Waals surface area contributed by atoms with Gasteiger partial charge in [-0.15, -0.1) is 11.3 Å². The summed E-state index contributed by atoms with van der Waals surface area (Å²) in [5, 5.41) is 3.25. The Labute approximate surface area is 123 Å². The Morgan fingerprint density at radius 3 is 2.80 bits per heavy atom. The minimum atomic E-state index is -3.54. The number of nitrogens with zero attached hydrogens (tertiary/aromatic N) is 1. The molecule has 0 aliphatic rings. The second-order valence-electron chi connectivity index (χ2n) is 4.22. The number of hydrogen-bond donors (Lipinski definition) is 2. The first-order chi connectivity index (χ1) is 9.62. The van der Waals surface area contributed by atoms with Gasteiger partial charge < -0.3 is 5.32 Å². The highest BCUT2D eigenvalue weighted by Crippen LogP contribution is 2.23. The fourth-order valence-corrected chi connectivity index (χ4v) is 3.93. The van der Waals surface area contributed by atoms with E-state index in [1.165, 1.54) is 11.3 Å². The van der Waals surface area contributed by atoms with E-state index in [0.717, 1.165) is 17.8 Å². The minimum Gasteiger partial charge on any atom is -0.312 e. The fourth-order valence-electron chi connectivity index (χ4n) is 1.60. The van der Waals surface area contributed by atoms with Gasteiger partial charge in [-0.2, -0.15) is 0 Å². The van der Waals surface area contributed by atoms with Gasteiger partial charge in [0.2, 0.25) is 0 Å². The van der Waals surface area contributed by atoms with Gasteiger partial charge in [0.05, 0.1) is 0 Å². The SMILES string of the molecule is CCCNCc1ccc(S(=O)(=O)Nc2ccccn2)s1. The molecule has 0 saturated heterocycles. The third-order valence-electron chi connectivity index (χ3n) is 2.53. The van der Waals surface area contributed by atoms with E-state index in [2.05, 4.69) is 21.9 Å². The molecule has 0 saturated carbocycles. The molecular formula is C13H17N3O2S2. The first-order valence-electron chi connectivity index (χ1n) is 6.35. The number of sulfonamides is 1. The van der Waals surface area contributed by atoms with Crippen LogP contribution in [0, 0.1) is 0 Å². The number of thiophene rings is 1. The van der Waals surface area contributed by atoms with E-state index in [0.29, 0.717) is 16.6 Å². The van der Waals surface area contributed by atoms with E-state index < -0.39 is 10.0 Å². The van der Waals surface area contributed by atoms with Gasteiger partial charge in [0.15, 0.2) is 0 Å². The normalized spacial score (nSPS) is 11.4. The summed E-state index contributed by atoms with van der Waals surface area (Å²) >= 11 is 1.27. The number of rotatable bonds is 7. The monoisotopic (exact) mass is 311 g/mol. The molecule has 2 heterocycles. The van der Waals surface area contributed by atoms with Crippen molar-refractivity contribution in [2.24, 2.45) is 0 Å². The molecule has 0 spiro atoms. The zero-order chi connectivity index (χ0) is 14.4. The van der Waals surface area contributed by atoms with Crippen LogP contribution < -0.4 is 10.0 Å². The van der Waals surface area contributed by atoms with Crippen molar-refractivity contribution in [2.75, 3.05) is 11.3 Å². The molecule has 0 aliphatic carbocycles. The van der Waals surface area contributed by atoms with Crippen molar-refractivity contribution in [3.63, 3.8) is 0 Å². The lowest BCUT2D eigenvalue weighted by Gasteiger charge is -2.04. The van der Waals surface area contributed by atoms with Crippen molar-refractivity contribution < 1.29 is 8.42 Å². The summed E-state index contributed by atoms with van der Waals surface area (Å²) < 4.78 is 27.1. The van der Waals surface area contributed by atoms with Gasteiger partial charge in [-0.25, -0.2) is 13.4 Å². The summed E-state index contributed by atoms with van der Waals surface area (Å²) in [6.07, 6.45) is 2.60. The molecule has 0 atom stereocenters. The lowest BCUT2D eigenvalue weighted by molar-refractivity contribution is 0.603. The van der Waals surface area contributed by atoms with E-state index in [1.54, 1.807) is 30.5 Å². The summed E-state index contributed by atoms with van der Waals surface area (Å²) in [7, 11) is -3.54. The van der Waals surface area contributed by atoms with Crippen molar-refractivity contribution >= 4 is 27.2 Å². The van der Waals surface area contributed by atoms with Gasteiger partial charge in [0.25, 0.3) is 10.0 Å². The van der Waals surface area contributed by atoms with Gasteiger partial charge >= 0.3 is 0 Å². The van der Waals surface area contributed by atoms with Crippen LogP contribution in [0.2, 0.25) is 0 Å². The molecule has 2 aromatic rings. The molecule has 2 rings (SSSR count). The highest BCUT2D eigenvalue weighted by molar-refractivity contribution is 7.94. The van der Waals surface area contributed by atoms with Gasteiger partial charge in [0, 0.05) is 17.6 Å². The van der Waals surface area contributed by atoms with Crippen LogP contribution in [0.15, 0.2) is 40.7 Å². The molecule has 5 nitrogen and oxygen atoms in total. The number of nitrogens with one attached hydrogen (secondary N) is 2. The van der Waals surface area contributed by atoms with Gasteiger partial charge in [-0.1, -0.05) is 13.0 Å². The maximum Gasteiger partial charge on any atom is 0.272 e. The highest BCUT2D eigenvalue weighted by Gasteiger charge is 2.17. The molecule has 0 amide bonds. The molecule has 0 bridgehead atoms. The van der Waals surface area contributed by atoms with Gasteiger partial charge in [0.1, 0.15) is 10.0 Å². The Kier molecular flexibility index (Phi) is 5.11. The molecule has 20 heavy (non-hydrogen) atoms. The standard InChI is InChI=1S/C13H17N3O2S2/c1-2-8-14-10-11-6-7-13(19-11)20(17,18)16-12-5-3-4-9-15-12/h3-7,9,14H,2,8,10H2,1H3,(H,15,16). The van der Waals surface area contributed by atoms with Crippen LogP contribution in [-0.4, -0.2) is 19.9 Å². The fraction of sp³-hybridized carbons (Fsp3) is 0.308. The topological polar surface area (TPSA) is 71.1 Å². The summed E-state index contributed by atoms with van der Waals surface area (Å²) in [5.74, 6) is 0.326. The first kappa shape index (κ1) is 15.0. The van der Waals surface area contributed by atoms with Crippen molar-refractivity contribution in [1.29, 1.82) is 0 Å². The van der Waals surface area contributed by atoms with E-state index >= 15 is 0 Å². The maximum absolute atomic E-state index is 12.2.